The van der Waals surface area contributed by atoms with Gasteiger partial charge in [-0.15, -0.1) is 22.1 Å². The molecule has 3 aliphatic rings. The molecular formula is C36H34N4Ni. The van der Waals surface area contributed by atoms with Crippen LogP contribution in [-0.2, 0) is 22.9 Å². The molecule has 5 heterocycles. The Hall–Kier alpha value is -3.69. The van der Waals surface area contributed by atoms with Gasteiger partial charge >= 0.3 is 16.5 Å². The second kappa shape index (κ2) is 9.99. The van der Waals surface area contributed by atoms with Gasteiger partial charge in [0.2, 0.25) is 0 Å². The Kier molecular flexibility index (Phi) is 6.70. The van der Waals surface area contributed by atoms with Crippen molar-refractivity contribution in [1.82, 2.24) is 19.9 Å². The van der Waals surface area contributed by atoms with Crippen LogP contribution in [0.1, 0.15) is 86.9 Å². The molecule has 4 aromatic rings. The first-order valence-corrected chi connectivity index (χ1v) is 14.5. The number of aromatic nitrogens is 4. The van der Waals surface area contributed by atoms with Gasteiger partial charge in [-0.3, -0.25) is 0 Å². The van der Waals surface area contributed by atoms with Crippen molar-refractivity contribution >= 4 is 44.4 Å². The minimum absolute atomic E-state index is 0. The summed E-state index contributed by atoms with van der Waals surface area (Å²) in [5.41, 5.74) is 21.7. The van der Waals surface area contributed by atoms with E-state index in [0.29, 0.717) is 0 Å². The van der Waals surface area contributed by atoms with Gasteiger partial charge in [0, 0.05) is 0 Å². The third-order valence-electron chi connectivity index (χ3n) is 9.18. The Bertz CT molecular complexity index is 2000. The van der Waals surface area contributed by atoms with Gasteiger partial charge in [-0.05, 0) is 97.6 Å². The first kappa shape index (κ1) is 27.5. The molecule has 3 aromatic heterocycles. The molecule has 41 heavy (non-hydrogen) atoms. The predicted octanol–water partition coefficient (Wildman–Crippen LogP) is 9.08. The molecule has 7 rings (SSSR count). The third kappa shape index (κ3) is 3.86. The zero-order valence-electron chi connectivity index (χ0n) is 24.8. The summed E-state index contributed by atoms with van der Waals surface area (Å²) in [6.45, 7) is 15.4. The molecule has 0 saturated carbocycles. The van der Waals surface area contributed by atoms with E-state index in [2.05, 4.69) is 90.9 Å². The molecule has 0 fully saturated rings. The Morgan fingerprint density at radius 1 is 0.585 bits per heavy atom. The number of allylic oxidation sites excluding steroid dienone is 4. The Morgan fingerprint density at radius 3 is 1.63 bits per heavy atom. The molecule has 0 radical (unpaired) electrons. The van der Waals surface area contributed by atoms with E-state index in [4.69, 9.17) is 19.9 Å². The molecule has 208 valence electrons. The van der Waals surface area contributed by atoms with Crippen LogP contribution in [0, 0.1) is 13.8 Å². The zero-order valence-corrected chi connectivity index (χ0v) is 25.8. The maximum absolute atomic E-state index is 5.34. The van der Waals surface area contributed by atoms with E-state index in [-0.39, 0.29) is 16.5 Å². The molecule has 0 N–H and O–H groups in total. The second-order valence-corrected chi connectivity index (χ2v) is 11.2. The molecular weight excluding hydrogens is 547 g/mol. The van der Waals surface area contributed by atoms with Crippen LogP contribution in [0.4, 0.5) is 0 Å². The van der Waals surface area contributed by atoms with Crippen molar-refractivity contribution in [2.45, 2.75) is 67.7 Å². The molecule has 2 aliphatic heterocycles. The average molecular weight is 581 g/mol. The van der Waals surface area contributed by atoms with Crippen molar-refractivity contribution in [3.05, 3.63) is 81.9 Å². The normalized spacial score (nSPS) is 13.6. The molecule has 4 nitrogen and oxygen atoms in total. The first-order chi connectivity index (χ1) is 19.4. The minimum Gasteiger partial charge on any atom is -0.657 e. The number of hydrogen-bond donors (Lipinski definition) is 0. The van der Waals surface area contributed by atoms with Gasteiger partial charge in [-0.2, -0.15) is 0 Å². The predicted molar refractivity (Wildman–Crippen MR) is 168 cm³/mol. The van der Waals surface area contributed by atoms with Gasteiger partial charge in [0.1, 0.15) is 0 Å². The smallest absolute Gasteiger partial charge is 0.657 e. The molecule has 0 unspecified atom stereocenters. The largest absolute Gasteiger partial charge is 2.00 e. The van der Waals surface area contributed by atoms with E-state index in [1.807, 2.05) is 0 Å². The van der Waals surface area contributed by atoms with E-state index < -0.39 is 0 Å². The first-order valence-electron chi connectivity index (χ1n) is 14.5. The molecule has 5 heteroatoms. The number of rotatable bonds is 3. The van der Waals surface area contributed by atoms with E-state index >= 15 is 0 Å². The fourth-order valence-electron chi connectivity index (χ4n) is 6.94. The summed E-state index contributed by atoms with van der Waals surface area (Å²) in [6.07, 6.45) is 2.76. The van der Waals surface area contributed by atoms with Crippen molar-refractivity contribution in [2.24, 2.45) is 0 Å². The fourth-order valence-corrected chi connectivity index (χ4v) is 6.94. The van der Waals surface area contributed by atoms with Crippen LogP contribution in [0.15, 0.2) is 42.5 Å². The Morgan fingerprint density at radius 2 is 1.10 bits per heavy atom. The van der Waals surface area contributed by atoms with Crippen LogP contribution in [0.25, 0.3) is 66.6 Å². The SMILES string of the molecule is CCC1=C(C)c2cc3[n-]c(c(CC)c3C)c3c4[n-]c(cc5nc(cc1n2)C(CC)=C5C)c(C)c4-c1ccccc1-3.[Ni+2]. The van der Waals surface area contributed by atoms with Gasteiger partial charge < -0.3 is 9.97 Å². The fraction of sp³-hybridized carbons (Fsp3) is 0.278. The Balaban J connectivity index is 0.00000302. The summed E-state index contributed by atoms with van der Waals surface area (Å²) >= 11 is 0. The van der Waals surface area contributed by atoms with Gasteiger partial charge in [-0.25, -0.2) is 9.97 Å². The van der Waals surface area contributed by atoms with Gasteiger partial charge in [-0.1, -0.05) is 73.9 Å². The van der Waals surface area contributed by atoms with E-state index in [0.717, 1.165) is 69.7 Å². The maximum atomic E-state index is 5.34. The molecule has 0 atom stereocenters. The molecule has 1 aliphatic carbocycles. The Labute approximate surface area is 252 Å². The van der Waals surface area contributed by atoms with Gasteiger partial charge in [0.25, 0.3) is 0 Å². The second-order valence-electron chi connectivity index (χ2n) is 11.2. The topological polar surface area (TPSA) is 54.0 Å². The van der Waals surface area contributed by atoms with Crippen molar-refractivity contribution < 1.29 is 16.5 Å². The molecule has 1 aromatic carbocycles. The minimum atomic E-state index is 0. The van der Waals surface area contributed by atoms with Gasteiger partial charge in [0.15, 0.2) is 0 Å². The van der Waals surface area contributed by atoms with Crippen LogP contribution in [-0.4, -0.2) is 9.97 Å². The summed E-state index contributed by atoms with van der Waals surface area (Å²) in [7, 11) is 0. The summed E-state index contributed by atoms with van der Waals surface area (Å²) < 4.78 is 0. The molecule has 0 amide bonds. The van der Waals surface area contributed by atoms with Crippen molar-refractivity contribution in [1.29, 1.82) is 0 Å². The molecule has 0 saturated heterocycles. The molecule has 8 bridgehead atoms. The van der Waals surface area contributed by atoms with Gasteiger partial charge in [0.05, 0.1) is 22.8 Å². The number of fused-ring (bicyclic) bond motifs is 11. The number of benzene rings is 1. The van der Waals surface area contributed by atoms with Crippen molar-refractivity contribution in [2.75, 3.05) is 0 Å². The zero-order chi connectivity index (χ0) is 27.9. The number of aryl methyl sites for hydroxylation is 3. The van der Waals surface area contributed by atoms with E-state index in [1.54, 1.807) is 0 Å². The van der Waals surface area contributed by atoms with E-state index in [1.165, 1.54) is 55.7 Å². The van der Waals surface area contributed by atoms with E-state index in [9.17, 15) is 0 Å². The van der Waals surface area contributed by atoms with Crippen LogP contribution in [0.5, 0.6) is 0 Å². The number of hydrogen-bond acceptors (Lipinski definition) is 2. The standard InChI is InChI=1S/C36H34N4.Ni/c1-8-22-18(4)27-15-29-20(6)24(10-3)35(39-29)34-26-14-12-11-13-25(26)33-21(7)30(40-36(33)34)16-28-19(5)23(9-2)32(38-28)17-31(22)37-27;/h11-17H,8-10H2,1-7H3;/q-2;+2. The number of nitrogens with zero attached hydrogens (tertiary/aromatic N) is 4. The van der Waals surface area contributed by atoms with Crippen molar-refractivity contribution in [3.8, 4) is 22.3 Å². The van der Waals surface area contributed by atoms with Crippen LogP contribution < -0.4 is 9.97 Å². The summed E-state index contributed by atoms with van der Waals surface area (Å²) in [5.74, 6) is 0. The third-order valence-corrected chi connectivity index (χ3v) is 9.18. The van der Waals surface area contributed by atoms with Crippen LogP contribution in [0.2, 0.25) is 0 Å². The summed E-state index contributed by atoms with van der Waals surface area (Å²) in [6, 6.07) is 15.3. The maximum Gasteiger partial charge on any atom is 2.00 e. The van der Waals surface area contributed by atoms with Crippen molar-refractivity contribution in [3.63, 3.8) is 0 Å². The summed E-state index contributed by atoms with van der Waals surface area (Å²) in [5, 5.41) is 0. The molecule has 0 spiro atoms. The monoisotopic (exact) mass is 580 g/mol. The average Bonchev–Trinajstić information content (AvgIpc) is 3.69. The quantitative estimate of drug-likeness (QED) is 0.200. The van der Waals surface area contributed by atoms with Crippen LogP contribution >= 0.6 is 0 Å². The summed E-state index contributed by atoms with van der Waals surface area (Å²) in [4.78, 5) is 21.0. The van der Waals surface area contributed by atoms with Crippen LogP contribution in [0.3, 0.4) is 0 Å².